The van der Waals surface area contributed by atoms with Crippen LogP contribution in [-0.2, 0) is 0 Å². The molecule has 20 heavy (non-hydrogen) atoms. The van der Waals surface area contributed by atoms with Gasteiger partial charge in [0.1, 0.15) is 0 Å². The second-order valence-corrected chi connectivity index (χ2v) is 6.75. The van der Waals surface area contributed by atoms with Crippen molar-refractivity contribution in [2.45, 2.75) is 51.9 Å². The lowest BCUT2D eigenvalue weighted by atomic mass is 9.66. The number of carbonyl (C=O) groups excluding carboxylic acids is 1. The molecule has 0 spiro atoms. The molecular formula is C18H25NO. The molecule has 3 rings (SSSR count). The molecule has 1 aromatic rings. The summed E-state index contributed by atoms with van der Waals surface area (Å²) >= 11 is 0. The van der Waals surface area contributed by atoms with Crippen molar-refractivity contribution in [1.29, 1.82) is 0 Å². The number of nitrogen functional groups attached to an aromatic ring is 1. The van der Waals surface area contributed by atoms with E-state index >= 15 is 0 Å². The number of hydrogen-bond acceptors (Lipinski definition) is 2. The first kappa shape index (κ1) is 13.7. The van der Waals surface area contributed by atoms with Crippen molar-refractivity contribution in [3.63, 3.8) is 0 Å². The Bertz CT molecular complexity index is 508. The first-order valence-corrected chi connectivity index (χ1v) is 8.05. The predicted molar refractivity (Wildman–Crippen MR) is 82.7 cm³/mol. The summed E-state index contributed by atoms with van der Waals surface area (Å²) in [5.74, 6) is 2.30. The quantitative estimate of drug-likeness (QED) is 0.641. The van der Waals surface area contributed by atoms with E-state index in [2.05, 4.69) is 0 Å². The van der Waals surface area contributed by atoms with Crippen LogP contribution >= 0.6 is 0 Å². The van der Waals surface area contributed by atoms with Gasteiger partial charge in [-0.1, -0.05) is 25.7 Å². The Kier molecular flexibility index (Phi) is 3.82. The fourth-order valence-electron chi connectivity index (χ4n) is 4.18. The molecule has 3 unspecified atom stereocenters. The monoisotopic (exact) mass is 271 g/mol. The lowest BCUT2D eigenvalue weighted by Gasteiger charge is -2.38. The van der Waals surface area contributed by atoms with Crippen LogP contribution < -0.4 is 5.73 Å². The van der Waals surface area contributed by atoms with E-state index in [4.69, 9.17) is 5.73 Å². The van der Waals surface area contributed by atoms with Crippen LogP contribution in [-0.4, -0.2) is 5.78 Å². The van der Waals surface area contributed by atoms with Gasteiger partial charge in [-0.05, 0) is 61.8 Å². The fraction of sp³-hybridized carbons (Fsp3) is 0.611. The van der Waals surface area contributed by atoms with Gasteiger partial charge in [0.05, 0.1) is 0 Å². The third-order valence-corrected chi connectivity index (χ3v) is 5.46. The van der Waals surface area contributed by atoms with E-state index in [1.54, 1.807) is 0 Å². The summed E-state index contributed by atoms with van der Waals surface area (Å²) in [6, 6.07) is 5.73. The molecule has 2 nitrogen and oxygen atoms in total. The first-order valence-electron chi connectivity index (χ1n) is 8.05. The van der Waals surface area contributed by atoms with Crippen LogP contribution in [0, 0.1) is 24.7 Å². The summed E-state index contributed by atoms with van der Waals surface area (Å²) in [4.78, 5) is 12.7. The molecule has 0 aromatic heterocycles. The summed E-state index contributed by atoms with van der Waals surface area (Å²) in [6.07, 6.45) is 8.97. The van der Waals surface area contributed by atoms with E-state index in [1.807, 2.05) is 25.1 Å². The Labute approximate surface area is 121 Å². The Hall–Kier alpha value is -1.31. The molecule has 2 fully saturated rings. The smallest absolute Gasteiger partial charge is 0.165 e. The first-order chi connectivity index (χ1) is 9.65. The van der Waals surface area contributed by atoms with Gasteiger partial charge in [-0.25, -0.2) is 0 Å². The van der Waals surface area contributed by atoms with E-state index in [-0.39, 0.29) is 5.92 Å². The summed E-state index contributed by atoms with van der Waals surface area (Å²) in [5, 5.41) is 0. The summed E-state index contributed by atoms with van der Waals surface area (Å²) < 4.78 is 0. The van der Waals surface area contributed by atoms with Gasteiger partial charge < -0.3 is 5.73 Å². The fourth-order valence-corrected chi connectivity index (χ4v) is 4.18. The minimum absolute atomic E-state index is 0.248. The van der Waals surface area contributed by atoms with E-state index in [0.29, 0.717) is 5.78 Å². The molecule has 0 radical (unpaired) electrons. The van der Waals surface area contributed by atoms with Gasteiger partial charge in [0, 0.05) is 17.2 Å². The molecule has 2 N–H and O–H groups in total. The number of rotatable bonds is 2. The third kappa shape index (κ3) is 2.61. The van der Waals surface area contributed by atoms with Crippen LogP contribution in [0.4, 0.5) is 5.69 Å². The van der Waals surface area contributed by atoms with Crippen molar-refractivity contribution < 1.29 is 4.79 Å². The number of nitrogens with two attached hydrogens (primary N) is 1. The van der Waals surface area contributed by atoms with Crippen molar-refractivity contribution in [2.24, 2.45) is 17.8 Å². The van der Waals surface area contributed by atoms with Gasteiger partial charge >= 0.3 is 0 Å². The lowest BCUT2D eigenvalue weighted by Crippen LogP contribution is -2.31. The number of anilines is 1. The van der Waals surface area contributed by atoms with Crippen LogP contribution in [0.25, 0.3) is 0 Å². The van der Waals surface area contributed by atoms with E-state index < -0.39 is 0 Å². The van der Waals surface area contributed by atoms with Crippen molar-refractivity contribution in [2.75, 3.05) is 5.73 Å². The minimum atomic E-state index is 0.248. The molecular weight excluding hydrogens is 246 g/mol. The molecule has 0 heterocycles. The zero-order valence-corrected chi connectivity index (χ0v) is 12.4. The molecule has 0 amide bonds. The third-order valence-electron chi connectivity index (χ3n) is 5.46. The van der Waals surface area contributed by atoms with Crippen LogP contribution in [0.3, 0.4) is 0 Å². The normalized spacial score (nSPS) is 29.8. The van der Waals surface area contributed by atoms with E-state index in [0.717, 1.165) is 41.5 Å². The Morgan fingerprint density at radius 2 is 1.85 bits per heavy atom. The van der Waals surface area contributed by atoms with Crippen molar-refractivity contribution in [3.8, 4) is 0 Å². The van der Waals surface area contributed by atoms with Gasteiger partial charge in [-0.2, -0.15) is 0 Å². The standard InChI is InChI=1S/C18H25NO/c1-12-10-15(8-9-17(12)19)18(20)16-7-6-13-4-2-3-5-14(13)11-16/h8-10,13-14,16H,2-7,11,19H2,1H3. The number of hydrogen-bond donors (Lipinski definition) is 1. The van der Waals surface area contributed by atoms with Gasteiger partial charge in [-0.15, -0.1) is 0 Å². The molecule has 108 valence electrons. The summed E-state index contributed by atoms with van der Waals surface area (Å²) in [6.45, 7) is 1.98. The highest BCUT2D eigenvalue weighted by Crippen LogP contribution is 2.43. The van der Waals surface area contributed by atoms with Gasteiger partial charge in [0.2, 0.25) is 0 Å². The lowest BCUT2D eigenvalue weighted by molar-refractivity contribution is 0.0763. The maximum Gasteiger partial charge on any atom is 0.165 e. The molecule has 0 bridgehead atoms. The number of fused-ring (bicyclic) bond motifs is 1. The number of aryl methyl sites for hydroxylation is 1. The number of Topliss-reactive ketones (excluding diaryl/α,β-unsaturated/α-hetero) is 1. The Balaban J connectivity index is 1.72. The van der Waals surface area contributed by atoms with E-state index in [1.165, 1.54) is 32.1 Å². The van der Waals surface area contributed by atoms with Crippen LogP contribution in [0.5, 0.6) is 0 Å². The van der Waals surface area contributed by atoms with Crippen LogP contribution in [0.15, 0.2) is 18.2 Å². The summed E-state index contributed by atoms with van der Waals surface area (Å²) in [5.41, 5.74) is 8.49. The molecule has 0 aliphatic heterocycles. The molecule has 1 aromatic carbocycles. The Morgan fingerprint density at radius 3 is 2.60 bits per heavy atom. The largest absolute Gasteiger partial charge is 0.399 e. The zero-order chi connectivity index (χ0) is 14.1. The number of ketones is 1. The average molecular weight is 271 g/mol. The molecule has 2 aliphatic carbocycles. The molecule has 2 saturated carbocycles. The molecule has 3 atom stereocenters. The minimum Gasteiger partial charge on any atom is -0.399 e. The SMILES string of the molecule is Cc1cc(C(=O)C2CCC3CCCCC3C2)ccc1N. The highest BCUT2D eigenvalue weighted by molar-refractivity contribution is 5.98. The van der Waals surface area contributed by atoms with Crippen molar-refractivity contribution >= 4 is 11.5 Å². The van der Waals surface area contributed by atoms with Crippen molar-refractivity contribution in [3.05, 3.63) is 29.3 Å². The van der Waals surface area contributed by atoms with Crippen molar-refractivity contribution in [1.82, 2.24) is 0 Å². The van der Waals surface area contributed by atoms with E-state index in [9.17, 15) is 4.79 Å². The topological polar surface area (TPSA) is 43.1 Å². The second-order valence-electron chi connectivity index (χ2n) is 6.75. The second kappa shape index (κ2) is 5.59. The molecule has 2 heteroatoms. The van der Waals surface area contributed by atoms with Gasteiger partial charge in [-0.3, -0.25) is 4.79 Å². The Morgan fingerprint density at radius 1 is 1.10 bits per heavy atom. The molecule has 0 saturated heterocycles. The number of benzene rings is 1. The van der Waals surface area contributed by atoms with Gasteiger partial charge in [0.25, 0.3) is 0 Å². The highest BCUT2D eigenvalue weighted by Gasteiger charge is 2.35. The maximum atomic E-state index is 12.7. The van der Waals surface area contributed by atoms with Crippen LogP contribution in [0.1, 0.15) is 60.9 Å². The van der Waals surface area contributed by atoms with Crippen LogP contribution in [0.2, 0.25) is 0 Å². The zero-order valence-electron chi connectivity index (χ0n) is 12.4. The average Bonchev–Trinajstić information content (AvgIpc) is 2.49. The number of carbonyl (C=O) groups is 1. The highest BCUT2D eigenvalue weighted by atomic mass is 16.1. The summed E-state index contributed by atoms with van der Waals surface area (Å²) in [7, 11) is 0. The maximum absolute atomic E-state index is 12.7. The predicted octanol–water partition coefficient (Wildman–Crippen LogP) is 4.37. The molecule has 2 aliphatic rings. The van der Waals surface area contributed by atoms with Gasteiger partial charge in [0.15, 0.2) is 5.78 Å².